The van der Waals surface area contributed by atoms with Crippen molar-refractivity contribution >= 4 is 28.9 Å². The number of carboxylic acid groups (broad SMARTS) is 1. The number of fused-ring (bicyclic) bond motifs is 1. The van der Waals surface area contributed by atoms with Crippen LogP contribution in [0.15, 0.2) is 30.5 Å². The largest absolute Gasteiger partial charge is 0.490 e. The number of rotatable bonds is 5. The number of aliphatic carboxylic acids is 1. The number of alkyl halides is 5. The summed E-state index contributed by atoms with van der Waals surface area (Å²) in [4.78, 5) is 21.6. The Morgan fingerprint density at radius 3 is 2.53 bits per heavy atom. The zero-order chi connectivity index (χ0) is 26.5. The van der Waals surface area contributed by atoms with E-state index in [0.717, 1.165) is 37.9 Å². The zero-order valence-corrected chi connectivity index (χ0v) is 19.0. The predicted molar refractivity (Wildman–Crippen MR) is 119 cm³/mol. The average molecular weight is 517 g/mol. The van der Waals surface area contributed by atoms with Gasteiger partial charge in [0.2, 0.25) is 0 Å². The van der Waals surface area contributed by atoms with E-state index in [9.17, 15) is 26.7 Å². The standard InChI is InChI=1S/C19H23F2N7O.C2HF3O2/c1-27-11-14(17(26-27)18(20)21)24-19(29)15-7-5-13-6-8-16(25-28(13)15)23-12-4-2-3-9-22-10-12;3-2(4,5)1(6)7/h5-8,11-12,18,22H,2-4,9-10H2,1H3,(H,23,25)(H,24,29);(H,6,7)/t12-;/m1./s1. The molecule has 1 saturated heterocycles. The number of halogens is 5. The van der Waals surface area contributed by atoms with Gasteiger partial charge >= 0.3 is 12.1 Å². The molecule has 0 radical (unpaired) electrons. The molecule has 196 valence electrons. The highest BCUT2D eigenvalue weighted by molar-refractivity contribution is 6.04. The fourth-order valence-electron chi connectivity index (χ4n) is 3.54. The van der Waals surface area contributed by atoms with Gasteiger partial charge in [0.15, 0.2) is 5.69 Å². The first-order valence-electron chi connectivity index (χ1n) is 10.8. The van der Waals surface area contributed by atoms with Gasteiger partial charge < -0.3 is 21.1 Å². The highest BCUT2D eigenvalue weighted by Gasteiger charge is 2.38. The van der Waals surface area contributed by atoms with E-state index in [2.05, 4.69) is 26.1 Å². The molecule has 15 heteroatoms. The molecule has 4 rings (SSSR count). The maximum Gasteiger partial charge on any atom is 0.490 e. The van der Waals surface area contributed by atoms with Crippen molar-refractivity contribution in [3.05, 3.63) is 41.9 Å². The van der Waals surface area contributed by atoms with E-state index >= 15 is 0 Å². The van der Waals surface area contributed by atoms with Crippen LogP contribution in [0.2, 0.25) is 0 Å². The van der Waals surface area contributed by atoms with Gasteiger partial charge in [-0.3, -0.25) is 9.48 Å². The lowest BCUT2D eigenvalue weighted by Crippen LogP contribution is -2.31. The summed E-state index contributed by atoms with van der Waals surface area (Å²) in [6.07, 6.45) is -3.17. The van der Waals surface area contributed by atoms with Crippen molar-refractivity contribution in [3.63, 3.8) is 0 Å². The Balaban J connectivity index is 0.000000454. The molecule has 0 aromatic carbocycles. The molecule has 0 spiro atoms. The van der Waals surface area contributed by atoms with Gasteiger partial charge in [-0.25, -0.2) is 18.1 Å². The minimum absolute atomic E-state index is 0.0127. The van der Waals surface area contributed by atoms with Gasteiger partial charge in [-0.15, -0.1) is 5.10 Å². The maximum atomic E-state index is 13.1. The Hall–Kier alpha value is -3.75. The van der Waals surface area contributed by atoms with Crippen molar-refractivity contribution in [2.75, 3.05) is 23.7 Å². The Labute approximate surface area is 201 Å². The monoisotopic (exact) mass is 517 g/mol. The number of amides is 1. The quantitative estimate of drug-likeness (QED) is 0.382. The molecule has 1 amide bonds. The van der Waals surface area contributed by atoms with Crippen molar-refractivity contribution in [1.29, 1.82) is 0 Å². The van der Waals surface area contributed by atoms with Gasteiger partial charge in [-0.2, -0.15) is 18.3 Å². The van der Waals surface area contributed by atoms with Gasteiger partial charge in [0.1, 0.15) is 11.5 Å². The number of hydrogen-bond donors (Lipinski definition) is 4. The Bertz CT molecular complexity index is 1200. The summed E-state index contributed by atoms with van der Waals surface area (Å²) in [6.45, 7) is 1.87. The minimum atomic E-state index is -5.08. The average Bonchev–Trinajstić information content (AvgIpc) is 3.28. The number of anilines is 2. The van der Waals surface area contributed by atoms with Crippen molar-refractivity contribution in [2.24, 2.45) is 7.05 Å². The molecule has 36 heavy (non-hydrogen) atoms. The van der Waals surface area contributed by atoms with Gasteiger partial charge in [-0.05, 0) is 43.7 Å². The lowest BCUT2D eigenvalue weighted by atomic mass is 10.1. The first-order chi connectivity index (χ1) is 17.0. The van der Waals surface area contributed by atoms with E-state index < -0.39 is 30.2 Å². The van der Waals surface area contributed by atoms with Crippen LogP contribution in [0.25, 0.3) is 5.52 Å². The number of carboxylic acids is 1. The molecule has 0 aliphatic carbocycles. The number of hydrogen-bond acceptors (Lipinski definition) is 6. The number of carbonyl (C=O) groups is 2. The molecule has 1 atom stereocenters. The van der Waals surface area contributed by atoms with Gasteiger partial charge in [0, 0.05) is 25.8 Å². The second kappa shape index (κ2) is 11.3. The molecular weight excluding hydrogens is 493 g/mol. The van der Waals surface area contributed by atoms with E-state index in [1.54, 1.807) is 12.1 Å². The van der Waals surface area contributed by atoms with Crippen LogP contribution >= 0.6 is 0 Å². The smallest absolute Gasteiger partial charge is 0.475 e. The van der Waals surface area contributed by atoms with Crippen LogP contribution in [0.5, 0.6) is 0 Å². The Morgan fingerprint density at radius 1 is 1.17 bits per heavy atom. The molecule has 3 aromatic heterocycles. The van der Waals surface area contributed by atoms with E-state index in [4.69, 9.17) is 9.90 Å². The van der Waals surface area contributed by atoms with E-state index in [0.29, 0.717) is 5.82 Å². The number of carbonyl (C=O) groups excluding carboxylic acids is 1. The van der Waals surface area contributed by atoms with E-state index in [1.807, 2.05) is 12.1 Å². The van der Waals surface area contributed by atoms with Crippen LogP contribution in [0.3, 0.4) is 0 Å². The summed E-state index contributed by atoms with van der Waals surface area (Å²) in [7, 11) is 1.52. The predicted octanol–water partition coefficient (Wildman–Crippen LogP) is 3.45. The number of nitrogens with one attached hydrogen (secondary N) is 3. The first-order valence-corrected chi connectivity index (χ1v) is 10.8. The normalized spacial score (nSPS) is 16.2. The summed E-state index contributed by atoms with van der Waals surface area (Å²) in [5.41, 5.74) is 0.519. The number of aryl methyl sites for hydroxylation is 1. The molecule has 3 aromatic rings. The van der Waals surface area contributed by atoms with Crippen LogP contribution in [-0.2, 0) is 11.8 Å². The molecule has 4 N–H and O–H groups in total. The SMILES string of the molecule is Cn1cc(NC(=O)c2ccc3ccc(N[C@@H]4CCCCNC4)nn23)c(C(F)F)n1.O=C(O)C(F)(F)F. The highest BCUT2D eigenvalue weighted by atomic mass is 19.4. The molecule has 1 aliphatic rings. The topological polar surface area (TPSA) is 126 Å². The third-order valence-electron chi connectivity index (χ3n) is 5.19. The summed E-state index contributed by atoms with van der Waals surface area (Å²) in [5, 5.41) is 24.7. The fraction of sp³-hybridized carbons (Fsp3) is 0.429. The van der Waals surface area contributed by atoms with Gasteiger partial charge in [-0.1, -0.05) is 6.42 Å². The summed E-state index contributed by atoms with van der Waals surface area (Å²) >= 11 is 0. The van der Waals surface area contributed by atoms with Crippen molar-refractivity contribution in [1.82, 2.24) is 24.7 Å². The first kappa shape index (κ1) is 26.8. The molecule has 1 aliphatic heterocycles. The number of nitrogens with zero attached hydrogens (tertiary/aromatic N) is 4. The van der Waals surface area contributed by atoms with Crippen molar-refractivity contribution in [3.8, 4) is 0 Å². The Kier molecular flexibility index (Phi) is 8.45. The zero-order valence-electron chi connectivity index (χ0n) is 19.0. The van der Waals surface area contributed by atoms with E-state index in [1.165, 1.54) is 22.4 Å². The number of aromatic nitrogens is 4. The summed E-state index contributed by atoms with van der Waals surface area (Å²) < 4.78 is 60.8. The highest BCUT2D eigenvalue weighted by Crippen LogP contribution is 2.26. The second-order valence-electron chi connectivity index (χ2n) is 7.97. The molecular formula is C21H24F5N7O3. The van der Waals surface area contributed by atoms with Gasteiger partial charge in [0.05, 0.1) is 11.2 Å². The third-order valence-corrected chi connectivity index (χ3v) is 5.19. The van der Waals surface area contributed by atoms with Crippen LogP contribution in [0.1, 0.15) is 41.9 Å². The van der Waals surface area contributed by atoms with Crippen molar-refractivity contribution < 1.29 is 36.6 Å². The molecule has 1 fully saturated rings. The summed E-state index contributed by atoms with van der Waals surface area (Å²) in [5.74, 6) is -2.63. The maximum absolute atomic E-state index is 13.1. The van der Waals surface area contributed by atoms with Crippen molar-refractivity contribution in [2.45, 2.75) is 37.9 Å². The fourth-order valence-corrected chi connectivity index (χ4v) is 3.54. The van der Waals surface area contributed by atoms with E-state index in [-0.39, 0.29) is 17.4 Å². The minimum Gasteiger partial charge on any atom is -0.475 e. The lowest BCUT2D eigenvalue weighted by Gasteiger charge is -2.17. The molecule has 10 nitrogen and oxygen atoms in total. The Morgan fingerprint density at radius 2 is 1.86 bits per heavy atom. The van der Waals surface area contributed by atoms with Gasteiger partial charge in [0.25, 0.3) is 12.3 Å². The van der Waals surface area contributed by atoms with Crippen LogP contribution < -0.4 is 16.0 Å². The van der Waals surface area contributed by atoms with Crippen LogP contribution in [0, 0.1) is 0 Å². The summed E-state index contributed by atoms with van der Waals surface area (Å²) in [6, 6.07) is 7.38. The molecule has 0 saturated carbocycles. The molecule has 0 bridgehead atoms. The van der Waals surface area contributed by atoms with Crippen LogP contribution in [-0.4, -0.2) is 61.7 Å². The lowest BCUT2D eigenvalue weighted by molar-refractivity contribution is -0.192. The molecule has 0 unspecified atom stereocenters. The molecule has 4 heterocycles. The van der Waals surface area contributed by atoms with Crippen LogP contribution in [0.4, 0.5) is 33.5 Å². The second-order valence-corrected chi connectivity index (χ2v) is 7.97. The third kappa shape index (κ3) is 6.90.